The Labute approximate surface area is 135 Å². The maximum absolute atomic E-state index is 12.8. The summed E-state index contributed by atoms with van der Waals surface area (Å²) in [6.45, 7) is 5.12. The molecule has 2 aromatic rings. The molecular formula is C17H22N4O2. The number of carbonyl (C=O) groups is 1. The zero-order chi connectivity index (χ0) is 16.4. The van der Waals surface area contributed by atoms with Crippen LogP contribution in [0.1, 0.15) is 35.7 Å². The lowest BCUT2D eigenvalue weighted by atomic mass is 9.92. The van der Waals surface area contributed by atoms with E-state index in [4.69, 9.17) is 0 Å². The first-order valence-corrected chi connectivity index (χ1v) is 7.99. The third-order valence-electron chi connectivity index (χ3n) is 4.55. The van der Waals surface area contributed by atoms with Crippen molar-refractivity contribution in [1.29, 1.82) is 0 Å². The number of piperidine rings is 1. The molecule has 2 unspecified atom stereocenters. The van der Waals surface area contributed by atoms with E-state index in [-0.39, 0.29) is 17.9 Å². The Morgan fingerprint density at radius 2 is 2.26 bits per heavy atom. The molecule has 122 valence electrons. The minimum absolute atomic E-state index is 0.0398. The van der Waals surface area contributed by atoms with E-state index < -0.39 is 0 Å². The monoisotopic (exact) mass is 314 g/mol. The van der Waals surface area contributed by atoms with Crippen LogP contribution < -0.4 is 0 Å². The van der Waals surface area contributed by atoms with E-state index >= 15 is 0 Å². The molecule has 2 atom stereocenters. The fraction of sp³-hybridized carbons (Fsp3) is 0.471. The Kier molecular flexibility index (Phi) is 4.43. The standard InChI is InChI=1S/C17H22N4O2/c1-12-8-15(21-11-18-10-19-21)5-6-16(12)17(23)20-7-3-4-14(9-20)13(2)22/h5-6,8,10-11,13-14,22H,3-4,7,9H2,1-2H3. The van der Waals surface area contributed by atoms with Crippen LogP contribution in [0.15, 0.2) is 30.9 Å². The van der Waals surface area contributed by atoms with Crippen molar-refractivity contribution in [2.75, 3.05) is 13.1 Å². The molecule has 1 aliphatic rings. The number of benzene rings is 1. The number of aliphatic hydroxyl groups excluding tert-OH is 1. The Hall–Kier alpha value is -2.21. The van der Waals surface area contributed by atoms with Crippen LogP contribution in [-0.2, 0) is 0 Å². The van der Waals surface area contributed by atoms with Crippen LogP contribution in [0.2, 0.25) is 0 Å². The second-order valence-corrected chi connectivity index (χ2v) is 6.23. The molecule has 6 nitrogen and oxygen atoms in total. The van der Waals surface area contributed by atoms with Gasteiger partial charge in [0.05, 0.1) is 11.8 Å². The van der Waals surface area contributed by atoms with Gasteiger partial charge in [0, 0.05) is 24.6 Å². The van der Waals surface area contributed by atoms with Crippen LogP contribution in [-0.4, -0.2) is 49.9 Å². The third kappa shape index (κ3) is 3.27. The molecule has 6 heteroatoms. The molecule has 1 saturated heterocycles. The largest absolute Gasteiger partial charge is 0.393 e. The average molecular weight is 314 g/mol. The SMILES string of the molecule is Cc1cc(-n2cncn2)ccc1C(=O)N1CCCC(C(C)O)C1. The highest BCUT2D eigenvalue weighted by Crippen LogP contribution is 2.23. The lowest BCUT2D eigenvalue weighted by molar-refractivity contribution is 0.0465. The lowest BCUT2D eigenvalue weighted by Crippen LogP contribution is -2.43. The summed E-state index contributed by atoms with van der Waals surface area (Å²) in [6.07, 6.45) is 4.66. The van der Waals surface area contributed by atoms with E-state index in [2.05, 4.69) is 10.1 Å². The number of aromatic nitrogens is 3. The van der Waals surface area contributed by atoms with Crippen LogP contribution in [0.5, 0.6) is 0 Å². The zero-order valence-corrected chi connectivity index (χ0v) is 13.5. The van der Waals surface area contributed by atoms with Gasteiger partial charge in [0.25, 0.3) is 5.91 Å². The highest BCUT2D eigenvalue weighted by atomic mass is 16.3. The maximum atomic E-state index is 12.8. The van der Waals surface area contributed by atoms with Crippen molar-refractivity contribution >= 4 is 5.91 Å². The van der Waals surface area contributed by atoms with Gasteiger partial charge in [-0.3, -0.25) is 4.79 Å². The molecule has 1 aromatic carbocycles. The third-order valence-corrected chi connectivity index (χ3v) is 4.55. The molecular weight excluding hydrogens is 292 g/mol. The van der Waals surface area contributed by atoms with Crippen molar-refractivity contribution in [3.63, 3.8) is 0 Å². The summed E-state index contributed by atoms with van der Waals surface area (Å²) < 4.78 is 1.67. The van der Waals surface area contributed by atoms with Crippen LogP contribution in [0.3, 0.4) is 0 Å². The molecule has 2 heterocycles. The summed E-state index contributed by atoms with van der Waals surface area (Å²) >= 11 is 0. The van der Waals surface area contributed by atoms with Gasteiger partial charge in [-0.25, -0.2) is 9.67 Å². The van der Waals surface area contributed by atoms with Crippen molar-refractivity contribution in [3.8, 4) is 5.69 Å². The van der Waals surface area contributed by atoms with E-state index in [9.17, 15) is 9.90 Å². The van der Waals surface area contributed by atoms with Gasteiger partial charge >= 0.3 is 0 Å². The first-order valence-electron chi connectivity index (χ1n) is 7.99. The first kappa shape index (κ1) is 15.7. The molecule has 3 rings (SSSR count). The van der Waals surface area contributed by atoms with Gasteiger partial charge in [-0.15, -0.1) is 0 Å². The number of rotatable bonds is 3. The van der Waals surface area contributed by atoms with Crippen molar-refractivity contribution < 1.29 is 9.90 Å². The highest BCUT2D eigenvalue weighted by molar-refractivity contribution is 5.96. The van der Waals surface area contributed by atoms with Gasteiger partial charge in [-0.1, -0.05) is 0 Å². The summed E-state index contributed by atoms with van der Waals surface area (Å²) in [7, 11) is 0. The van der Waals surface area contributed by atoms with E-state index in [1.807, 2.05) is 30.0 Å². The second kappa shape index (κ2) is 6.50. The number of hydrogen-bond acceptors (Lipinski definition) is 4. The van der Waals surface area contributed by atoms with Crippen molar-refractivity contribution in [1.82, 2.24) is 19.7 Å². The average Bonchev–Trinajstić information content (AvgIpc) is 3.08. The number of aliphatic hydroxyl groups is 1. The number of likely N-dealkylation sites (tertiary alicyclic amines) is 1. The molecule has 23 heavy (non-hydrogen) atoms. The van der Waals surface area contributed by atoms with Crippen LogP contribution in [0.4, 0.5) is 0 Å². The Balaban J connectivity index is 1.80. The van der Waals surface area contributed by atoms with E-state index in [1.165, 1.54) is 6.33 Å². The predicted octanol–water partition coefficient (Wildman–Crippen LogP) is 1.81. The fourth-order valence-corrected chi connectivity index (χ4v) is 3.13. The van der Waals surface area contributed by atoms with Crippen LogP contribution >= 0.6 is 0 Å². The highest BCUT2D eigenvalue weighted by Gasteiger charge is 2.27. The molecule has 1 aromatic heterocycles. The molecule has 1 N–H and O–H groups in total. The number of hydrogen-bond donors (Lipinski definition) is 1. The second-order valence-electron chi connectivity index (χ2n) is 6.23. The molecule has 1 fully saturated rings. The van der Waals surface area contributed by atoms with Crippen LogP contribution in [0, 0.1) is 12.8 Å². The smallest absolute Gasteiger partial charge is 0.254 e. The normalized spacial score (nSPS) is 19.6. The van der Waals surface area contributed by atoms with Crippen LogP contribution in [0.25, 0.3) is 5.69 Å². The van der Waals surface area contributed by atoms with Gasteiger partial charge in [0.2, 0.25) is 0 Å². The van der Waals surface area contributed by atoms with E-state index in [1.54, 1.807) is 17.9 Å². The Morgan fingerprint density at radius 1 is 1.43 bits per heavy atom. The molecule has 0 radical (unpaired) electrons. The Morgan fingerprint density at radius 3 is 2.91 bits per heavy atom. The fourth-order valence-electron chi connectivity index (χ4n) is 3.13. The molecule has 0 bridgehead atoms. The topological polar surface area (TPSA) is 71.2 Å². The Bertz CT molecular complexity index is 682. The molecule has 1 aliphatic heterocycles. The maximum Gasteiger partial charge on any atom is 0.254 e. The molecule has 0 saturated carbocycles. The number of nitrogens with zero attached hydrogens (tertiary/aromatic N) is 4. The lowest BCUT2D eigenvalue weighted by Gasteiger charge is -2.34. The molecule has 0 spiro atoms. The number of carbonyl (C=O) groups excluding carboxylic acids is 1. The predicted molar refractivity (Wildman–Crippen MR) is 86.4 cm³/mol. The van der Waals surface area contributed by atoms with Gasteiger partial charge in [0.1, 0.15) is 12.7 Å². The van der Waals surface area contributed by atoms with Crippen molar-refractivity contribution in [3.05, 3.63) is 42.0 Å². The minimum Gasteiger partial charge on any atom is -0.393 e. The number of amides is 1. The molecule has 1 amide bonds. The van der Waals surface area contributed by atoms with Gasteiger partial charge in [0.15, 0.2) is 0 Å². The first-order chi connectivity index (χ1) is 11.1. The zero-order valence-electron chi connectivity index (χ0n) is 13.5. The van der Waals surface area contributed by atoms with E-state index in [0.717, 1.165) is 30.6 Å². The van der Waals surface area contributed by atoms with Gasteiger partial charge in [-0.05, 0) is 50.5 Å². The summed E-state index contributed by atoms with van der Waals surface area (Å²) in [6, 6.07) is 5.67. The van der Waals surface area contributed by atoms with Gasteiger partial charge in [-0.2, -0.15) is 5.10 Å². The van der Waals surface area contributed by atoms with Crippen molar-refractivity contribution in [2.45, 2.75) is 32.8 Å². The quantitative estimate of drug-likeness (QED) is 0.938. The molecule has 0 aliphatic carbocycles. The summed E-state index contributed by atoms with van der Waals surface area (Å²) in [5.41, 5.74) is 2.51. The van der Waals surface area contributed by atoms with Crippen molar-refractivity contribution in [2.24, 2.45) is 5.92 Å². The van der Waals surface area contributed by atoms with E-state index in [0.29, 0.717) is 12.1 Å². The number of aryl methyl sites for hydroxylation is 1. The minimum atomic E-state index is -0.374. The summed E-state index contributed by atoms with van der Waals surface area (Å²) in [4.78, 5) is 18.6. The van der Waals surface area contributed by atoms with Gasteiger partial charge < -0.3 is 10.0 Å². The summed E-state index contributed by atoms with van der Waals surface area (Å²) in [5, 5.41) is 13.9. The summed E-state index contributed by atoms with van der Waals surface area (Å²) in [5.74, 6) is 0.209.